The molecular weight excluding hydrogens is 274 g/mol. The van der Waals surface area contributed by atoms with Gasteiger partial charge in [0.15, 0.2) is 5.82 Å². The third-order valence-corrected chi connectivity index (χ3v) is 3.92. The number of hydrogen-bond acceptors (Lipinski definition) is 5. The molecule has 3 heterocycles. The average molecular weight is 297 g/mol. The Morgan fingerprint density at radius 3 is 2.73 bits per heavy atom. The van der Waals surface area contributed by atoms with Gasteiger partial charge in [-0.05, 0) is 37.4 Å². The van der Waals surface area contributed by atoms with Crippen molar-refractivity contribution in [2.24, 2.45) is 0 Å². The predicted octanol–water partition coefficient (Wildman–Crippen LogP) is 2.83. The molecule has 2 aromatic heterocycles. The first-order valence-electron chi connectivity index (χ1n) is 7.99. The number of nitrogens with zero attached hydrogens (tertiary/aromatic N) is 3. The second-order valence-corrected chi connectivity index (χ2v) is 6.08. The van der Waals surface area contributed by atoms with Crippen molar-refractivity contribution in [3.8, 4) is 11.4 Å². The van der Waals surface area contributed by atoms with E-state index in [2.05, 4.69) is 35.5 Å². The van der Waals surface area contributed by atoms with Crippen LogP contribution < -0.4 is 10.6 Å². The van der Waals surface area contributed by atoms with Crippen LogP contribution in [0, 0.1) is 0 Å². The Morgan fingerprint density at radius 1 is 1.23 bits per heavy atom. The second kappa shape index (κ2) is 6.83. The zero-order valence-electron chi connectivity index (χ0n) is 13.2. The molecule has 5 heteroatoms. The van der Waals surface area contributed by atoms with E-state index >= 15 is 0 Å². The van der Waals surface area contributed by atoms with Crippen LogP contribution in [-0.2, 0) is 0 Å². The van der Waals surface area contributed by atoms with Gasteiger partial charge in [0.1, 0.15) is 5.82 Å². The first-order chi connectivity index (χ1) is 10.7. The van der Waals surface area contributed by atoms with Crippen LogP contribution in [0.3, 0.4) is 0 Å². The largest absolute Gasteiger partial charge is 0.366 e. The van der Waals surface area contributed by atoms with Crippen molar-refractivity contribution in [3.63, 3.8) is 0 Å². The van der Waals surface area contributed by atoms with E-state index in [0.29, 0.717) is 12.0 Å². The van der Waals surface area contributed by atoms with E-state index in [-0.39, 0.29) is 0 Å². The smallest absolute Gasteiger partial charge is 0.161 e. The maximum absolute atomic E-state index is 4.70. The van der Waals surface area contributed by atoms with E-state index in [4.69, 9.17) is 9.97 Å². The predicted molar refractivity (Wildman–Crippen MR) is 88.9 cm³/mol. The molecule has 0 saturated carbocycles. The number of pyridine rings is 1. The van der Waals surface area contributed by atoms with Gasteiger partial charge in [-0.25, -0.2) is 9.97 Å². The zero-order valence-corrected chi connectivity index (χ0v) is 13.2. The summed E-state index contributed by atoms with van der Waals surface area (Å²) in [5.41, 5.74) is 2.07. The lowest BCUT2D eigenvalue weighted by molar-refractivity contribution is 0.479. The number of anilines is 1. The van der Waals surface area contributed by atoms with Crippen molar-refractivity contribution < 1.29 is 0 Å². The molecule has 0 spiro atoms. The minimum Gasteiger partial charge on any atom is -0.366 e. The molecule has 0 aliphatic carbocycles. The normalized spacial score (nSPS) is 18.4. The van der Waals surface area contributed by atoms with Crippen LogP contribution >= 0.6 is 0 Å². The molecule has 1 atom stereocenters. The van der Waals surface area contributed by atoms with E-state index in [1.54, 1.807) is 12.4 Å². The summed E-state index contributed by atoms with van der Waals surface area (Å²) in [7, 11) is 0. The van der Waals surface area contributed by atoms with Gasteiger partial charge in [-0.3, -0.25) is 4.98 Å². The van der Waals surface area contributed by atoms with E-state index in [0.717, 1.165) is 36.0 Å². The Morgan fingerprint density at radius 2 is 2.05 bits per heavy atom. The molecule has 22 heavy (non-hydrogen) atoms. The Labute approximate surface area is 131 Å². The van der Waals surface area contributed by atoms with E-state index in [1.165, 1.54) is 12.8 Å². The van der Waals surface area contributed by atoms with Crippen molar-refractivity contribution in [1.82, 2.24) is 20.3 Å². The maximum atomic E-state index is 4.70. The van der Waals surface area contributed by atoms with Crippen LogP contribution in [0.15, 0.2) is 30.6 Å². The van der Waals surface area contributed by atoms with E-state index < -0.39 is 0 Å². The van der Waals surface area contributed by atoms with Crippen LogP contribution in [0.25, 0.3) is 11.4 Å². The third-order valence-electron chi connectivity index (χ3n) is 3.92. The third kappa shape index (κ3) is 3.60. The molecule has 2 N–H and O–H groups in total. The van der Waals surface area contributed by atoms with Crippen LogP contribution in [0.2, 0.25) is 0 Å². The van der Waals surface area contributed by atoms with Crippen molar-refractivity contribution in [3.05, 3.63) is 36.3 Å². The number of nitrogens with one attached hydrogen (secondary N) is 2. The fourth-order valence-electron chi connectivity index (χ4n) is 2.65. The summed E-state index contributed by atoms with van der Waals surface area (Å²) >= 11 is 0. The van der Waals surface area contributed by atoms with Crippen molar-refractivity contribution in [2.45, 2.75) is 38.6 Å². The lowest BCUT2D eigenvalue weighted by Gasteiger charge is -2.24. The molecule has 0 radical (unpaired) electrons. The fourth-order valence-corrected chi connectivity index (χ4v) is 2.65. The molecule has 0 bridgehead atoms. The summed E-state index contributed by atoms with van der Waals surface area (Å²) in [6.45, 7) is 6.42. The molecule has 0 aromatic carbocycles. The highest BCUT2D eigenvalue weighted by molar-refractivity contribution is 5.57. The van der Waals surface area contributed by atoms with Crippen LogP contribution in [-0.4, -0.2) is 34.1 Å². The number of aromatic nitrogens is 3. The molecule has 2 aromatic rings. The van der Waals surface area contributed by atoms with Gasteiger partial charge in [-0.1, -0.05) is 13.8 Å². The molecule has 1 fully saturated rings. The maximum Gasteiger partial charge on any atom is 0.161 e. The molecular formula is C17H23N5. The first kappa shape index (κ1) is 14.9. The Bertz CT molecular complexity index is 606. The summed E-state index contributed by atoms with van der Waals surface area (Å²) in [6, 6.07) is 6.41. The van der Waals surface area contributed by atoms with Gasteiger partial charge in [0.2, 0.25) is 0 Å². The minimum atomic E-state index is 0.369. The quantitative estimate of drug-likeness (QED) is 0.908. The van der Waals surface area contributed by atoms with Crippen LogP contribution in [0.1, 0.15) is 38.3 Å². The SMILES string of the molecule is CC(C)c1cc(NC2CCCNC2)nc(-c2ccncc2)n1. The van der Waals surface area contributed by atoms with Gasteiger partial charge in [-0.2, -0.15) is 0 Å². The monoisotopic (exact) mass is 297 g/mol. The van der Waals surface area contributed by atoms with Crippen molar-refractivity contribution in [2.75, 3.05) is 18.4 Å². The molecule has 1 unspecified atom stereocenters. The van der Waals surface area contributed by atoms with Gasteiger partial charge in [0, 0.05) is 42.3 Å². The lowest BCUT2D eigenvalue weighted by atomic mass is 10.1. The molecule has 1 aliphatic heterocycles. The van der Waals surface area contributed by atoms with Gasteiger partial charge < -0.3 is 10.6 Å². The average Bonchev–Trinajstić information content (AvgIpc) is 2.56. The lowest BCUT2D eigenvalue weighted by Crippen LogP contribution is -2.38. The Hall–Kier alpha value is -2.01. The molecule has 5 nitrogen and oxygen atoms in total. The first-order valence-corrected chi connectivity index (χ1v) is 7.99. The Kier molecular flexibility index (Phi) is 4.63. The van der Waals surface area contributed by atoms with Gasteiger partial charge in [-0.15, -0.1) is 0 Å². The second-order valence-electron chi connectivity index (χ2n) is 6.08. The summed E-state index contributed by atoms with van der Waals surface area (Å²) in [6.07, 6.45) is 5.94. The summed E-state index contributed by atoms with van der Waals surface area (Å²) in [4.78, 5) is 13.5. The fraction of sp³-hybridized carbons (Fsp3) is 0.471. The summed E-state index contributed by atoms with van der Waals surface area (Å²) in [5, 5.41) is 6.98. The standard InChI is InChI=1S/C17H23N5/c1-12(2)15-10-16(20-14-4-3-7-19-11-14)22-17(21-15)13-5-8-18-9-6-13/h5-6,8-10,12,14,19H,3-4,7,11H2,1-2H3,(H,20,21,22). The zero-order chi connectivity index (χ0) is 15.4. The summed E-state index contributed by atoms with van der Waals surface area (Å²) in [5.74, 6) is 2.05. The summed E-state index contributed by atoms with van der Waals surface area (Å²) < 4.78 is 0. The highest BCUT2D eigenvalue weighted by atomic mass is 15.1. The number of rotatable bonds is 4. The van der Waals surface area contributed by atoms with Gasteiger partial charge in [0.25, 0.3) is 0 Å². The molecule has 1 aliphatic rings. The number of hydrogen-bond donors (Lipinski definition) is 2. The van der Waals surface area contributed by atoms with Crippen LogP contribution in [0.4, 0.5) is 5.82 Å². The van der Waals surface area contributed by atoms with Crippen LogP contribution in [0.5, 0.6) is 0 Å². The molecule has 116 valence electrons. The van der Waals surface area contributed by atoms with Gasteiger partial charge in [0.05, 0.1) is 0 Å². The van der Waals surface area contributed by atoms with Crippen molar-refractivity contribution in [1.29, 1.82) is 0 Å². The Balaban J connectivity index is 1.90. The minimum absolute atomic E-state index is 0.369. The van der Waals surface area contributed by atoms with Gasteiger partial charge >= 0.3 is 0 Å². The topological polar surface area (TPSA) is 62.7 Å². The highest BCUT2D eigenvalue weighted by Gasteiger charge is 2.15. The highest BCUT2D eigenvalue weighted by Crippen LogP contribution is 2.22. The molecule has 3 rings (SSSR count). The van der Waals surface area contributed by atoms with Crippen molar-refractivity contribution >= 4 is 5.82 Å². The van der Waals surface area contributed by atoms with E-state index in [1.807, 2.05) is 12.1 Å². The molecule has 1 saturated heterocycles. The van der Waals surface area contributed by atoms with E-state index in [9.17, 15) is 0 Å². The molecule has 0 amide bonds. The number of piperidine rings is 1.